The zero-order valence-corrected chi connectivity index (χ0v) is 7.63. The predicted octanol–water partition coefficient (Wildman–Crippen LogP) is -1.44. The predicted molar refractivity (Wildman–Crippen MR) is 38.6 cm³/mol. The molecule has 68 valence electrons. The van der Waals surface area contributed by atoms with Crippen molar-refractivity contribution in [2.24, 2.45) is 0 Å². The van der Waals surface area contributed by atoms with Crippen LogP contribution in [-0.2, 0) is 10.1 Å². The van der Waals surface area contributed by atoms with Gasteiger partial charge in [-0.05, 0) is 0 Å². The van der Waals surface area contributed by atoms with Gasteiger partial charge in [-0.3, -0.25) is 0 Å². The van der Waals surface area contributed by atoms with Gasteiger partial charge in [-0.15, -0.1) is 0 Å². The van der Waals surface area contributed by atoms with Crippen molar-refractivity contribution in [2.45, 2.75) is 5.37 Å². The number of hydrogen-bond acceptors (Lipinski definition) is 4. The molecule has 0 aromatic heterocycles. The van der Waals surface area contributed by atoms with E-state index >= 15 is 0 Å². The van der Waals surface area contributed by atoms with Crippen molar-refractivity contribution in [1.82, 2.24) is 0 Å². The minimum absolute atomic E-state index is 0.0810. The first-order chi connectivity index (χ1) is 4.69. The van der Waals surface area contributed by atoms with Crippen LogP contribution < -0.4 is 0 Å². The normalized spacial score (nSPS) is 16.5. The summed E-state index contributed by atoms with van der Waals surface area (Å²) in [6.07, 6.45) is 0. The van der Waals surface area contributed by atoms with Crippen LogP contribution in [0.15, 0.2) is 0 Å². The fourth-order valence-corrected chi connectivity index (χ4v) is 1.68. The molecular weight excluding hydrogens is 170 g/mol. The zero-order chi connectivity index (χ0) is 9.28. The van der Waals surface area contributed by atoms with Crippen molar-refractivity contribution in [2.75, 3.05) is 27.7 Å². The van der Waals surface area contributed by atoms with Crippen molar-refractivity contribution < 1.29 is 22.6 Å². The Bertz CT molecular complexity index is 215. The Hall–Kier alpha value is -0.170. The van der Waals surface area contributed by atoms with E-state index < -0.39 is 22.1 Å². The molecule has 0 radical (unpaired) electrons. The highest BCUT2D eigenvalue weighted by Crippen LogP contribution is 2.07. The maximum atomic E-state index is 10.5. The first-order valence-corrected chi connectivity index (χ1v) is 4.53. The average molecular weight is 183 g/mol. The summed E-state index contributed by atoms with van der Waals surface area (Å²) in [5.41, 5.74) is 0. The van der Waals surface area contributed by atoms with E-state index in [0.29, 0.717) is 0 Å². The van der Waals surface area contributed by atoms with E-state index in [-0.39, 0.29) is 4.48 Å². The van der Waals surface area contributed by atoms with E-state index in [9.17, 15) is 13.0 Å². The molecule has 0 saturated heterocycles. The fourth-order valence-electron chi connectivity index (χ4n) is 0.724. The van der Waals surface area contributed by atoms with Gasteiger partial charge in [0, 0.05) is 0 Å². The summed E-state index contributed by atoms with van der Waals surface area (Å²) in [4.78, 5) is 0. The van der Waals surface area contributed by atoms with E-state index in [0.717, 1.165) is 0 Å². The van der Waals surface area contributed by atoms with Gasteiger partial charge < -0.3 is 14.1 Å². The van der Waals surface area contributed by atoms with Crippen molar-refractivity contribution in [3.05, 3.63) is 0 Å². The Balaban J connectivity index is 4.72. The second-order valence-electron chi connectivity index (χ2n) is 3.25. The number of aliphatic hydroxyl groups is 1. The molecule has 0 aliphatic rings. The molecule has 0 aliphatic heterocycles. The lowest BCUT2D eigenvalue weighted by atomic mass is 10.5. The van der Waals surface area contributed by atoms with Gasteiger partial charge in [0.15, 0.2) is 10.1 Å². The molecule has 0 heterocycles. The maximum Gasteiger partial charge on any atom is 0.201 e. The van der Waals surface area contributed by atoms with Crippen LogP contribution in [0.5, 0.6) is 0 Å². The highest BCUT2D eigenvalue weighted by molar-refractivity contribution is 7.86. The molecule has 1 unspecified atom stereocenters. The SMILES string of the molecule is C[N+](C)(C)C(CO)S(=O)(=O)[O-]. The van der Waals surface area contributed by atoms with Gasteiger partial charge >= 0.3 is 0 Å². The third kappa shape index (κ3) is 3.15. The highest BCUT2D eigenvalue weighted by atomic mass is 32.2. The number of likely N-dealkylation sites (N-methyl/N-ethyl adjacent to an activating group) is 1. The molecule has 0 amide bonds. The van der Waals surface area contributed by atoms with Crippen LogP contribution in [0.3, 0.4) is 0 Å². The van der Waals surface area contributed by atoms with Crippen molar-refractivity contribution in [3.8, 4) is 0 Å². The molecule has 1 atom stereocenters. The Morgan fingerprint density at radius 3 is 1.82 bits per heavy atom. The van der Waals surface area contributed by atoms with E-state index in [1.807, 2.05) is 0 Å². The number of nitrogens with zero attached hydrogens (tertiary/aromatic N) is 1. The lowest BCUT2D eigenvalue weighted by Gasteiger charge is -2.33. The first-order valence-electron chi connectivity index (χ1n) is 3.06. The molecule has 5 nitrogen and oxygen atoms in total. The van der Waals surface area contributed by atoms with Gasteiger partial charge in [-0.2, -0.15) is 0 Å². The van der Waals surface area contributed by atoms with Crippen LogP contribution >= 0.6 is 0 Å². The molecule has 0 spiro atoms. The Labute approximate surface area is 66.6 Å². The molecule has 0 bridgehead atoms. The average Bonchev–Trinajstić information content (AvgIpc) is 1.56. The van der Waals surface area contributed by atoms with E-state index in [1.54, 1.807) is 0 Å². The largest absolute Gasteiger partial charge is 0.743 e. The standard InChI is InChI=1S/C5H13NO4S/c1-6(2,3)5(4-7)11(8,9)10/h5,7H,4H2,1-3H3. The number of hydrogen-bond donors (Lipinski definition) is 1. The van der Waals surface area contributed by atoms with Gasteiger partial charge in [0.05, 0.1) is 21.1 Å². The summed E-state index contributed by atoms with van der Waals surface area (Å²) < 4.78 is 31.4. The van der Waals surface area contributed by atoms with Gasteiger partial charge in [0.2, 0.25) is 5.37 Å². The van der Waals surface area contributed by atoms with Crippen LogP contribution in [0.1, 0.15) is 0 Å². The molecular formula is C5H13NO4S. The number of quaternary nitrogens is 1. The third-order valence-electron chi connectivity index (χ3n) is 1.35. The van der Waals surface area contributed by atoms with Crippen LogP contribution in [0, 0.1) is 0 Å². The van der Waals surface area contributed by atoms with Crippen LogP contribution in [0.25, 0.3) is 0 Å². The Morgan fingerprint density at radius 1 is 1.45 bits per heavy atom. The quantitative estimate of drug-likeness (QED) is 0.429. The van der Waals surface area contributed by atoms with Crippen molar-refractivity contribution in [3.63, 3.8) is 0 Å². The van der Waals surface area contributed by atoms with Gasteiger partial charge in [0.1, 0.15) is 6.61 Å². The first kappa shape index (κ1) is 10.8. The van der Waals surface area contributed by atoms with Crippen molar-refractivity contribution >= 4 is 10.1 Å². The van der Waals surface area contributed by atoms with Crippen LogP contribution in [0.2, 0.25) is 0 Å². The van der Waals surface area contributed by atoms with E-state index in [2.05, 4.69) is 0 Å². The topological polar surface area (TPSA) is 77.4 Å². The summed E-state index contributed by atoms with van der Waals surface area (Å²) in [6, 6.07) is 0. The van der Waals surface area contributed by atoms with Crippen LogP contribution in [-0.4, -0.2) is 55.7 Å². The molecule has 0 saturated carbocycles. The second-order valence-corrected chi connectivity index (χ2v) is 4.78. The molecule has 0 aromatic rings. The van der Waals surface area contributed by atoms with Gasteiger partial charge in [0.25, 0.3) is 0 Å². The fraction of sp³-hybridized carbons (Fsp3) is 1.00. The summed E-state index contributed by atoms with van der Waals surface area (Å²) in [7, 11) is 0.214. The number of rotatable bonds is 3. The molecule has 0 aromatic carbocycles. The Morgan fingerprint density at radius 2 is 1.82 bits per heavy atom. The summed E-state index contributed by atoms with van der Waals surface area (Å²) in [6.45, 7) is -0.644. The van der Waals surface area contributed by atoms with Crippen molar-refractivity contribution in [1.29, 1.82) is 0 Å². The summed E-state index contributed by atoms with van der Waals surface area (Å²) in [5, 5.41) is 7.33. The van der Waals surface area contributed by atoms with Gasteiger partial charge in [-0.25, -0.2) is 8.42 Å². The zero-order valence-electron chi connectivity index (χ0n) is 6.81. The molecule has 0 rings (SSSR count). The lowest BCUT2D eigenvalue weighted by Crippen LogP contribution is -2.51. The molecule has 0 aliphatic carbocycles. The molecule has 0 fully saturated rings. The van der Waals surface area contributed by atoms with Crippen LogP contribution in [0.4, 0.5) is 0 Å². The molecule has 1 N–H and O–H groups in total. The second kappa shape index (κ2) is 3.06. The van der Waals surface area contributed by atoms with E-state index in [4.69, 9.17) is 5.11 Å². The lowest BCUT2D eigenvalue weighted by molar-refractivity contribution is -0.882. The van der Waals surface area contributed by atoms with E-state index in [1.165, 1.54) is 21.1 Å². The minimum atomic E-state index is -4.40. The molecule has 11 heavy (non-hydrogen) atoms. The Kier molecular flexibility index (Phi) is 3.01. The third-order valence-corrected chi connectivity index (χ3v) is 2.80. The smallest absolute Gasteiger partial charge is 0.201 e. The monoisotopic (exact) mass is 183 g/mol. The minimum Gasteiger partial charge on any atom is -0.743 e. The number of aliphatic hydroxyl groups excluding tert-OH is 1. The maximum absolute atomic E-state index is 10.5. The summed E-state index contributed by atoms with van der Waals surface area (Å²) >= 11 is 0. The highest BCUT2D eigenvalue weighted by Gasteiger charge is 2.28. The van der Waals surface area contributed by atoms with Gasteiger partial charge in [-0.1, -0.05) is 0 Å². The summed E-state index contributed by atoms with van der Waals surface area (Å²) in [5.74, 6) is 0. The molecule has 6 heteroatoms.